The Morgan fingerprint density at radius 3 is 2.65 bits per heavy atom. The third kappa shape index (κ3) is 5.47. The molecular formula is C15H21ClN2OS. The van der Waals surface area contributed by atoms with Crippen molar-refractivity contribution in [3.63, 3.8) is 0 Å². The van der Waals surface area contributed by atoms with Gasteiger partial charge in [0.1, 0.15) is 0 Å². The SMILES string of the molecule is CCCC[C@@H](CC)C(=O)NC(=S)Nc1ccccc1Cl. The van der Waals surface area contributed by atoms with Gasteiger partial charge in [0.15, 0.2) is 5.11 Å². The van der Waals surface area contributed by atoms with E-state index in [1.807, 2.05) is 25.1 Å². The second-order valence-corrected chi connectivity index (χ2v) is 5.49. The number of hydrogen-bond acceptors (Lipinski definition) is 2. The summed E-state index contributed by atoms with van der Waals surface area (Å²) in [7, 11) is 0. The van der Waals surface area contributed by atoms with Crippen molar-refractivity contribution in [2.75, 3.05) is 5.32 Å². The quantitative estimate of drug-likeness (QED) is 0.766. The standard InChI is InChI=1S/C15H21ClN2OS/c1-3-5-8-11(4-2)14(19)18-15(20)17-13-10-7-6-9-12(13)16/h6-7,9-11H,3-5,8H2,1-2H3,(H2,17,18,19,20)/t11-/m1/s1. The molecule has 0 spiro atoms. The Kier molecular flexibility index (Phi) is 7.55. The number of nitrogens with one attached hydrogen (secondary N) is 2. The van der Waals surface area contributed by atoms with Gasteiger partial charge in [-0.15, -0.1) is 0 Å². The van der Waals surface area contributed by atoms with E-state index in [4.69, 9.17) is 23.8 Å². The van der Waals surface area contributed by atoms with Crippen molar-refractivity contribution in [1.82, 2.24) is 5.32 Å². The van der Waals surface area contributed by atoms with E-state index in [1.165, 1.54) is 0 Å². The lowest BCUT2D eigenvalue weighted by molar-refractivity contribution is -0.123. The number of carbonyl (C=O) groups is 1. The van der Waals surface area contributed by atoms with Gasteiger partial charge in [-0.25, -0.2) is 0 Å². The maximum absolute atomic E-state index is 12.1. The number of amides is 1. The molecule has 1 rings (SSSR count). The van der Waals surface area contributed by atoms with E-state index in [1.54, 1.807) is 6.07 Å². The summed E-state index contributed by atoms with van der Waals surface area (Å²) in [6.45, 7) is 4.14. The fraction of sp³-hybridized carbons (Fsp3) is 0.467. The first-order valence-corrected chi connectivity index (χ1v) is 7.73. The molecule has 0 aliphatic heterocycles. The fourth-order valence-corrected chi connectivity index (χ4v) is 2.29. The highest BCUT2D eigenvalue weighted by molar-refractivity contribution is 7.80. The van der Waals surface area contributed by atoms with Crippen LogP contribution in [0.25, 0.3) is 0 Å². The second-order valence-electron chi connectivity index (χ2n) is 4.67. The van der Waals surface area contributed by atoms with E-state index >= 15 is 0 Å². The molecule has 1 amide bonds. The molecule has 20 heavy (non-hydrogen) atoms. The van der Waals surface area contributed by atoms with Gasteiger partial charge in [-0.05, 0) is 37.2 Å². The summed E-state index contributed by atoms with van der Waals surface area (Å²) in [5, 5.41) is 6.54. The van der Waals surface area contributed by atoms with Crippen molar-refractivity contribution in [3.05, 3.63) is 29.3 Å². The number of para-hydroxylation sites is 1. The Balaban J connectivity index is 2.53. The predicted molar refractivity (Wildman–Crippen MR) is 89.1 cm³/mol. The number of benzene rings is 1. The molecule has 0 saturated heterocycles. The predicted octanol–water partition coefficient (Wildman–Crippen LogP) is 4.37. The van der Waals surface area contributed by atoms with Crippen molar-refractivity contribution in [2.24, 2.45) is 5.92 Å². The summed E-state index contributed by atoms with van der Waals surface area (Å²) >= 11 is 11.2. The molecule has 1 aromatic carbocycles. The third-order valence-electron chi connectivity index (χ3n) is 3.13. The van der Waals surface area contributed by atoms with Crippen molar-refractivity contribution in [3.8, 4) is 0 Å². The van der Waals surface area contributed by atoms with Crippen LogP contribution in [0.15, 0.2) is 24.3 Å². The van der Waals surface area contributed by atoms with Crippen molar-refractivity contribution in [2.45, 2.75) is 39.5 Å². The number of rotatable bonds is 6. The fourth-order valence-electron chi connectivity index (χ4n) is 1.90. The Morgan fingerprint density at radius 2 is 2.05 bits per heavy atom. The molecule has 3 nitrogen and oxygen atoms in total. The summed E-state index contributed by atoms with van der Waals surface area (Å²) in [4.78, 5) is 12.1. The van der Waals surface area contributed by atoms with E-state index in [0.717, 1.165) is 25.7 Å². The first-order chi connectivity index (χ1) is 9.58. The lowest BCUT2D eigenvalue weighted by Gasteiger charge is -2.16. The minimum absolute atomic E-state index is 0.0148. The van der Waals surface area contributed by atoms with Gasteiger partial charge in [0.2, 0.25) is 5.91 Å². The number of halogens is 1. The zero-order chi connectivity index (χ0) is 15.0. The van der Waals surface area contributed by atoms with Crippen molar-refractivity contribution in [1.29, 1.82) is 0 Å². The molecule has 0 aliphatic rings. The lowest BCUT2D eigenvalue weighted by Crippen LogP contribution is -2.38. The number of anilines is 1. The summed E-state index contributed by atoms with van der Waals surface area (Å²) in [5.41, 5.74) is 0.695. The van der Waals surface area contributed by atoms with Crippen LogP contribution < -0.4 is 10.6 Å². The molecule has 0 heterocycles. The smallest absolute Gasteiger partial charge is 0.229 e. The molecular weight excluding hydrogens is 292 g/mol. The summed E-state index contributed by atoms with van der Waals surface area (Å²) in [5.74, 6) is -0.00792. The molecule has 0 radical (unpaired) electrons. The zero-order valence-corrected chi connectivity index (χ0v) is 13.5. The molecule has 1 aromatic rings. The average molecular weight is 313 g/mol. The van der Waals surface area contributed by atoms with Crippen LogP contribution in [0, 0.1) is 5.92 Å². The van der Waals surface area contributed by atoms with Crippen LogP contribution in [-0.4, -0.2) is 11.0 Å². The molecule has 0 aromatic heterocycles. The van der Waals surface area contributed by atoms with Crippen LogP contribution >= 0.6 is 23.8 Å². The number of carbonyl (C=O) groups excluding carboxylic acids is 1. The molecule has 5 heteroatoms. The van der Waals surface area contributed by atoms with Crippen molar-refractivity contribution >= 4 is 40.5 Å². The third-order valence-corrected chi connectivity index (χ3v) is 3.66. The molecule has 2 N–H and O–H groups in total. The van der Waals surface area contributed by atoms with Crippen LogP contribution in [0.5, 0.6) is 0 Å². The molecule has 0 fully saturated rings. The molecule has 0 aliphatic carbocycles. The van der Waals surface area contributed by atoms with Gasteiger partial charge in [0.05, 0.1) is 10.7 Å². The highest BCUT2D eigenvalue weighted by atomic mass is 35.5. The van der Waals surface area contributed by atoms with Gasteiger partial charge in [-0.2, -0.15) is 0 Å². The lowest BCUT2D eigenvalue weighted by atomic mass is 9.99. The largest absolute Gasteiger partial charge is 0.331 e. The van der Waals surface area contributed by atoms with Gasteiger partial charge in [0.25, 0.3) is 0 Å². The van der Waals surface area contributed by atoms with Crippen LogP contribution in [0.1, 0.15) is 39.5 Å². The number of thiocarbonyl (C=S) groups is 1. The van der Waals surface area contributed by atoms with Gasteiger partial charge in [-0.3, -0.25) is 4.79 Å². The highest BCUT2D eigenvalue weighted by Gasteiger charge is 2.17. The number of unbranched alkanes of at least 4 members (excludes halogenated alkanes) is 1. The molecule has 1 atom stereocenters. The van der Waals surface area contributed by atoms with Crippen molar-refractivity contribution < 1.29 is 4.79 Å². The van der Waals surface area contributed by atoms with Crippen LogP contribution in [-0.2, 0) is 4.79 Å². The van der Waals surface area contributed by atoms with E-state index in [0.29, 0.717) is 10.7 Å². The zero-order valence-electron chi connectivity index (χ0n) is 11.9. The summed E-state index contributed by atoms with van der Waals surface area (Å²) in [6, 6.07) is 7.28. The Morgan fingerprint density at radius 1 is 1.35 bits per heavy atom. The van der Waals surface area contributed by atoms with Crippen LogP contribution in [0.4, 0.5) is 5.69 Å². The average Bonchev–Trinajstić information content (AvgIpc) is 2.42. The minimum Gasteiger partial charge on any atom is -0.331 e. The van der Waals surface area contributed by atoms with Gasteiger partial charge in [-0.1, -0.05) is 50.4 Å². The summed E-state index contributed by atoms with van der Waals surface area (Å²) in [6.07, 6.45) is 3.86. The monoisotopic (exact) mass is 312 g/mol. The van der Waals surface area contributed by atoms with E-state index in [2.05, 4.69) is 17.6 Å². The van der Waals surface area contributed by atoms with Gasteiger partial charge < -0.3 is 10.6 Å². The van der Waals surface area contributed by atoms with Crippen LogP contribution in [0.3, 0.4) is 0 Å². The number of hydrogen-bond donors (Lipinski definition) is 2. The van der Waals surface area contributed by atoms with Crippen LogP contribution in [0.2, 0.25) is 5.02 Å². The first-order valence-electron chi connectivity index (χ1n) is 6.94. The van der Waals surface area contributed by atoms with Gasteiger partial charge in [0, 0.05) is 5.92 Å². The van der Waals surface area contributed by atoms with E-state index < -0.39 is 0 Å². The molecule has 0 unspecified atom stereocenters. The first kappa shape index (κ1) is 16.9. The molecule has 110 valence electrons. The maximum Gasteiger partial charge on any atom is 0.229 e. The van der Waals surface area contributed by atoms with Gasteiger partial charge >= 0.3 is 0 Å². The highest BCUT2D eigenvalue weighted by Crippen LogP contribution is 2.20. The molecule has 0 saturated carbocycles. The molecule has 0 bridgehead atoms. The van der Waals surface area contributed by atoms with E-state index in [9.17, 15) is 4.79 Å². The second kappa shape index (κ2) is 8.93. The Labute approximate surface area is 131 Å². The normalized spacial score (nSPS) is 11.8. The van der Waals surface area contributed by atoms with E-state index in [-0.39, 0.29) is 16.9 Å². The Hall–Kier alpha value is -1.13. The summed E-state index contributed by atoms with van der Waals surface area (Å²) < 4.78 is 0. The topological polar surface area (TPSA) is 41.1 Å². The minimum atomic E-state index is -0.0227. The Bertz CT molecular complexity index is 465. The maximum atomic E-state index is 12.1.